The van der Waals surface area contributed by atoms with Crippen LogP contribution in [0.5, 0.6) is 0 Å². The summed E-state index contributed by atoms with van der Waals surface area (Å²) in [7, 11) is -4.33. The van der Waals surface area contributed by atoms with Crippen LogP contribution in [0, 0.1) is 0 Å². The standard InChI is InChI=1S/C39H79N2O6P/c1-3-5-7-9-11-13-15-17-18-19-20-21-22-24-26-28-30-32-38(42)37(36-47-48(44,45)46-35-34-40)41-39(43)33-31-29-27-25-23-16-14-12-10-8-6-4-2/h30,32,37-38,42H,3-29,31,33-36,40H2,1-2H3,(H,41,43)(H,44,45)/b32-30+. The summed E-state index contributed by atoms with van der Waals surface area (Å²) in [5.41, 5.74) is 5.36. The maximum absolute atomic E-state index is 12.7. The topological polar surface area (TPSA) is 131 Å². The van der Waals surface area contributed by atoms with Gasteiger partial charge in [0.05, 0.1) is 25.4 Å². The lowest BCUT2D eigenvalue weighted by Crippen LogP contribution is -2.45. The second-order valence-corrected chi connectivity index (χ2v) is 15.3. The van der Waals surface area contributed by atoms with Gasteiger partial charge in [-0.05, 0) is 19.3 Å². The van der Waals surface area contributed by atoms with Gasteiger partial charge in [-0.2, -0.15) is 0 Å². The Balaban J connectivity index is 4.24. The molecule has 9 heteroatoms. The molecule has 0 aliphatic rings. The molecule has 8 nitrogen and oxygen atoms in total. The second-order valence-electron chi connectivity index (χ2n) is 13.9. The van der Waals surface area contributed by atoms with E-state index in [1.807, 2.05) is 6.08 Å². The van der Waals surface area contributed by atoms with Crippen LogP contribution in [0.25, 0.3) is 0 Å². The highest BCUT2D eigenvalue weighted by molar-refractivity contribution is 7.47. The first-order chi connectivity index (χ1) is 23.4. The van der Waals surface area contributed by atoms with E-state index in [0.717, 1.165) is 38.5 Å². The van der Waals surface area contributed by atoms with Crippen molar-refractivity contribution < 1.29 is 28.4 Å². The molecular weight excluding hydrogens is 623 g/mol. The number of aliphatic hydroxyl groups is 1. The van der Waals surface area contributed by atoms with E-state index >= 15 is 0 Å². The summed E-state index contributed by atoms with van der Waals surface area (Å²) in [4.78, 5) is 22.6. The highest BCUT2D eigenvalue weighted by Gasteiger charge is 2.26. The smallest absolute Gasteiger partial charge is 0.387 e. The highest BCUT2D eigenvalue weighted by atomic mass is 31.2. The van der Waals surface area contributed by atoms with Crippen molar-refractivity contribution in [1.29, 1.82) is 0 Å². The van der Waals surface area contributed by atoms with E-state index in [1.165, 1.54) is 141 Å². The number of phosphoric acid groups is 1. The van der Waals surface area contributed by atoms with Crippen molar-refractivity contribution in [3.63, 3.8) is 0 Å². The largest absolute Gasteiger partial charge is 0.472 e. The lowest BCUT2D eigenvalue weighted by Gasteiger charge is -2.23. The molecule has 3 unspecified atom stereocenters. The van der Waals surface area contributed by atoms with Crippen LogP contribution < -0.4 is 11.1 Å². The van der Waals surface area contributed by atoms with Crippen LogP contribution in [0.15, 0.2) is 12.2 Å². The number of carbonyl (C=O) groups is 1. The van der Waals surface area contributed by atoms with Crippen LogP contribution in [0.4, 0.5) is 0 Å². The first-order valence-corrected chi connectivity index (χ1v) is 21.8. The van der Waals surface area contributed by atoms with Crippen molar-refractivity contribution in [1.82, 2.24) is 5.32 Å². The van der Waals surface area contributed by atoms with Crippen molar-refractivity contribution in [3.8, 4) is 0 Å². The molecule has 0 heterocycles. The second kappa shape index (κ2) is 36.0. The van der Waals surface area contributed by atoms with Crippen molar-refractivity contribution in [2.45, 2.75) is 212 Å². The van der Waals surface area contributed by atoms with Crippen LogP contribution in [0.3, 0.4) is 0 Å². The fourth-order valence-electron chi connectivity index (χ4n) is 6.01. The number of phosphoric ester groups is 1. The van der Waals surface area contributed by atoms with Crippen LogP contribution in [-0.4, -0.2) is 47.8 Å². The quantitative estimate of drug-likeness (QED) is 0.0286. The van der Waals surface area contributed by atoms with E-state index in [9.17, 15) is 19.4 Å². The number of amides is 1. The highest BCUT2D eigenvalue weighted by Crippen LogP contribution is 2.43. The monoisotopic (exact) mass is 703 g/mol. The van der Waals surface area contributed by atoms with E-state index in [2.05, 4.69) is 19.2 Å². The molecule has 5 N–H and O–H groups in total. The lowest BCUT2D eigenvalue weighted by atomic mass is 10.0. The molecule has 0 rings (SSSR count). The molecule has 0 aromatic heterocycles. The van der Waals surface area contributed by atoms with Crippen LogP contribution in [0.2, 0.25) is 0 Å². The average molecular weight is 703 g/mol. The Morgan fingerprint density at radius 3 is 1.48 bits per heavy atom. The molecule has 286 valence electrons. The minimum Gasteiger partial charge on any atom is -0.387 e. The molecule has 0 saturated heterocycles. The van der Waals surface area contributed by atoms with Gasteiger partial charge in [-0.1, -0.05) is 187 Å². The van der Waals surface area contributed by atoms with Crippen LogP contribution >= 0.6 is 7.82 Å². The molecule has 3 atom stereocenters. The van der Waals surface area contributed by atoms with Gasteiger partial charge in [-0.15, -0.1) is 0 Å². The van der Waals surface area contributed by atoms with Gasteiger partial charge in [0.2, 0.25) is 5.91 Å². The van der Waals surface area contributed by atoms with Gasteiger partial charge in [0, 0.05) is 13.0 Å². The predicted octanol–water partition coefficient (Wildman–Crippen LogP) is 10.8. The van der Waals surface area contributed by atoms with E-state index in [0.29, 0.717) is 6.42 Å². The summed E-state index contributed by atoms with van der Waals surface area (Å²) in [6.45, 7) is 4.14. The molecule has 48 heavy (non-hydrogen) atoms. The van der Waals surface area contributed by atoms with Gasteiger partial charge in [0.15, 0.2) is 0 Å². The molecule has 1 amide bonds. The third-order valence-corrected chi connectivity index (χ3v) is 10.1. The van der Waals surface area contributed by atoms with Gasteiger partial charge in [-0.25, -0.2) is 4.57 Å². The number of nitrogens with two attached hydrogens (primary N) is 1. The normalized spacial score (nSPS) is 14.4. The van der Waals surface area contributed by atoms with E-state index in [-0.39, 0.29) is 25.7 Å². The third-order valence-electron chi connectivity index (χ3n) is 9.11. The molecule has 0 spiro atoms. The number of hydrogen-bond donors (Lipinski definition) is 4. The Kier molecular flexibility index (Phi) is 35.5. The number of aliphatic hydroxyl groups excluding tert-OH is 1. The Morgan fingerprint density at radius 2 is 1.06 bits per heavy atom. The van der Waals surface area contributed by atoms with Crippen molar-refractivity contribution in [2.75, 3.05) is 19.8 Å². The van der Waals surface area contributed by atoms with Crippen LogP contribution in [-0.2, 0) is 18.4 Å². The fraction of sp³-hybridized carbons (Fsp3) is 0.923. The summed E-state index contributed by atoms with van der Waals surface area (Å²) in [6.07, 6.45) is 38.2. The van der Waals surface area contributed by atoms with Gasteiger partial charge < -0.3 is 21.1 Å². The minimum absolute atomic E-state index is 0.0811. The molecular formula is C39H79N2O6P. The Labute approximate surface area is 296 Å². The zero-order valence-electron chi connectivity index (χ0n) is 31.5. The summed E-state index contributed by atoms with van der Waals surface area (Å²) in [6, 6.07) is -0.853. The summed E-state index contributed by atoms with van der Waals surface area (Å²) in [5.74, 6) is -0.193. The van der Waals surface area contributed by atoms with E-state index < -0.39 is 20.0 Å². The molecule has 0 saturated carbocycles. The van der Waals surface area contributed by atoms with E-state index in [1.54, 1.807) is 6.08 Å². The molecule has 0 aliphatic carbocycles. The summed E-state index contributed by atoms with van der Waals surface area (Å²) in [5, 5.41) is 13.6. The Morgan fingerprint density at radius 1 is 0.667 bits per heavy atom. The number of hydrogen-bond acceptors (Lipinski definition) is 6. The van der Waals surface area contributed by atoms with E-state index in [4.69, 9.17) is 14.8 Å². The summed E-state index contributed by atoms with van der Waals surface area (Å²) < 4.78 is 22.1. The van der Waals surface area contributed by atoms with Gasteiger partial charge in [0.25, 0.3) is 0 Å². The zero-order chi connectivity index (χ0) is 35.4. The Hall–Kier alpha value is -0.760. The molecule has 0 aromatic carbocycles. The van der Waals surface area contributed by atoms with Crippen molar-refractivity contribution in [3.05, 3.63) is 12.2 Å². The minimum atomic E-state index is -4.33. The molecule has 0 aromatic rings. The first-order valence-electron chi connectivity index (χ1n) is 20.3. The zero-order valence-corrected chi connectivity index (χ0v) is 32.4. The average Bonchev–Trinajstić information content (AvgIpc) is 3.07. The lowest BCUT2D eigenvalue weighted by molar-refractivity contribution is -0.123. The number of nitrogens with one attached hydrogen (secondary N) is 1. The van der Waals surface area contributed by atoms with Gasteiger partial charge in [0.1, 0.15) is 0 Å². The third kappa shape index (κ3) is 33.7. The SMILES string of the molecule is CCCCCCCCCCCCCCCCC/C=C/C(O)C(COP(=O)(O)OCCN)NC(=O)CCCCCCCCCCCCCC. The Bertz CT molecular complexity index is 769. The number of unbranched alkanes of at least 4 members (excludes halogenated alkanes) is 26. The first kappa shape index (κ1) is 47.2. The van der Waals surface area contributed by atoms with Crippen molar-refractivity contribution >= 4 is 13.7 Å². The molecule has 0 bridgehead atoms. The summed E-state index contributed by atoms with van der Waals surface area (Å²) >= 11 is 0. The van der Waals surface area contributed by atoms with Crippen molar-refractivity contribution in [2.24, 2.45) is 5.73 Å². The fourth-order valence-corrected chi connectivity index (χ4v) is 6.77. The molecule has 0 radical (unpaired) electrons. The molecule has 0 aliphatic heterocycles. The predicted molar refractivity (Wildman–Crippen MR) is 203 cm³/mol. The maximum atomic E-state index is 12.7. The number of allylic oxidation sites excluding steroid dienone is 1. The number of rotatable bonds is 38. The molecule has 0 fully saturated rings. The maximum Gasteiger partial charge on any atom is 0.472 e. The van der Waals surface area contributed by atoms with Crippen LogP contribution in [0.1, 0.15) is 200 Å². The van der Waals surface area contributed by atoms with Gasteiger partial charge >= 0.3 is 7.82 Å². The van der Waals surface area contributed by atoms with Gasteiger partial charge in [-0.3, -0.25) is 13.8 Å². The number of carbonyl (C=O) groups excluding carboxylic acids is 1.